The summed E-state index contributed by atoms with van der Waals surface area (Å²) in [6.45, 7) is -0.0336. The second kappa shape index (κ2) is 8.05. The number of benzene rings is 2. The summed E-state index contributed by atoms with van der Waals surface area (Å²) in [7, 11) is 0. The van der Waals surface area contributed by atoms with Gasteiger partial charge in [0.25, 0.3) is 0 Å². The number of para-hydroxylation sites is 1. The van der Waals surface area contributed by atoms with Crippen molar-refractivity contribution in [3.05, 3.63) is 78.4 Å². The van der Waals surface area contributed by atoms with Crippen LogP contribution in [0.3, 0.4) is 0 Å². The number of aromatic nitrogens is 2. The first-order valence-electron chi connectivity index (χ1n) is 8.07. The molecule has 7 heteroatoms. The summed E-state index contributed by atoms with van der Waals surface area (Å²) in [5.41, 5.74) is 3.13. The maximum atomic E-state index is 12.1. The minimum absolute atomic E-state index is 0.205. The average Bonchev–Trinajstić information content (AvgIpc) is 3.15. The molecule has 2 aromatic carbocycles. The van der Waals surface area contributed by atoms with Gasteiger partial charge in [-0.3, -0.25) is 0 Å². The Balaban J connectivity index is 1.54. The second-order valence-electron chi connectivity index (χ2n) is 5.75. The van der Waals surface area contributed by atoms with E-state index in [1.54, 1.807) is 36.8 Å². The molecule has 0 saturated carbocycles. The lowest BCUT2D eigenvalue weighted by Crippen LogP contribution is -2.19. The van der Waals surface area contributed by atoms with Crippen molar-refractivity contribution in [2.24, 2.45) is 0 Å². The average molecular weight is 361 g/mol. The molecule has 0 spiro atoms. The quantitative estimate of drug-likeness (QED) is 0.689. The largest absolute Gasteiger partial charge is 0.484 e. The van der Waals surface area contributed by atoms with Crippen LogP contribution in [-0.2, 0) is 13.1 Å². The summed E-state index contributed by atoms with van der Waals surface area (Å²) in [6, 6.07) is 14.6. The Hall–Kier alpha value is -2.80. The highest BCUT2D eigenvalue weighted by Crippen LogP contribution is 2.19. The summed E-state index contributed by atoms with van der Waals surface area (Å²) in [4.78, 5) is 4.07. The smallest absolute Gasteiger partial charge is 0.422 e. The fraction of sp³-hybridized carbons (Fsp3) is 0.211. The van der Waals surface area contributed by atoms with E-state index in [1.165, 1.54) is 0 Å². The van der Waals surface area contributed by atoms with E-state index in [0.29, 0.717) is 13.1 Å². The van der Waals surface area contributed by atoms with Crippen LogP contribution >= 0.6 is 0 Å². The molecule has 0 bridgehead atoms. The molecular weight excluding hydrogens is 343 g/mol. The first-order chi connectivity index (χ1) is 12.5. The Morgan fingerprint density at radius 2 is 1.77 bits per heavy atom. The maximum absolute atomic E-state index is 12.1. The zero-order valence-corrected chi connectivity index (χ0v) is 13.9. The zero-order valence-electron chi connectivity index (χ0n) is 13.9. The summed E-state index contributed by atoms with van der Waals surface area (Å²) >= 11 is 0. The van der Waals surface area contributed by atoms with Crippen LogP contribution in [0.2, 0.25) is 0 Å². The molecule has 1 aromatic heterocycles. The van der Waals surface area contributed by atoms with Gasteiger partial charge in [-0.1, -0.05) is 30.3 Å². The van der Waals surface area contributed by atoms with Gasteiger partial charge >= 0.3 is 6.18 Å². The van der Waals surface area contributed by atoms with Crippen molar-refractivity contribution < 1.29 is 17.9 Å². The summed E-state index contributed by atoms with van der Waals surface area (Å²) in [6.07, 6.45) is 1.03. The number of nitrogens with zero attached hydrogens (tertiary/aromatic N) is 2. The summed E-state index contributed by atoms with van der Waals surface area (Å²) in [5, 5.41) is 3.34. The molecule has 0 unspecified atom stereocenters. The van der Waals surface area contributed by atoms with Crippen LogP contribution in [-0.4, -0.2) is 22.3 Å². The molecule has 0 aliphatic rings. The van der Waals surface area contributed by atoms with E-state index in [9.17, 15) is 13.2 Å². The third-order valence-electron chi connectivity index (χ3n) is 3.74. The fourth-order valence-electron chi connectivity index (χ4n) is 2.52. The Kier molecular flexibility index (Phi) is 5.58. The van der Waals surface area contributed by atoms with E-state index in [-0.39, 0.29) is 5.75 Å². The fourth-order valence-corrected chi connectivity index (χ4v) is 2.52. The molecule has 0 amide bonds. The zero-order chi connectivity index (χ0) is 18.4. The number of rotatable bonds is 7. The highest BCUT2D eigenvalue weighted by Gasteiger charge is 2.28. The van der Waals surface area contributed by atoms with E-state index in [2.05, 4.69) is 10.3 Å². The predicted molar refractivity (Wildman–Crippen MR) is 92.1 cm³/mol. The van der Waals surface area contributed by atoms with Crippen LogP contribution in [0.15, 0.2) is 67.3 Å². The molecular formula is C19H18F3N3O. The van der Waals surface area contributed by atoms with Crippen molar-refractivity contribution >= 4 is 0 Å². The normalized spacial score (nSPS) is 11.5. The van der Waals surface area contributed by atoms with Crippen LogP contribution in [0.1, 0.15) is 11.1 Å². The van der Waals surface area contributed by atoms with Crippen LogP contribution in [0.25, 0.3) is 5.69 Å². The molecule has 3 rings (SSSR count). The number of hydrogen-bond acceptors (Lipinski definition) is 3. The molecule has 0 radical (unpaired) electrons. The maximum Gasteiger partial charge on any atom is 0.422 e. The Morgan fingerprint density at radius 1 is 1.00 bits per heavy atom. The molecule has 0 saturated heterocycles. The molecule has 3 aromatic rings. The predicted octanol–water partition coefficient (Wildman–Crippen LogP) is 4.10. The van der Waals surface area contributed by atoms with Gasteiger partial charge in [0.15, 0.2) is 6.61 Å². The Morgan fingerprint density at radius 3 is 2.46 bits per heavy atom. The summed E-state index contributed by atoms with van der Waals surface area (Å²) < 4.78 is 43.1. The molecule has 0 fully saturated rings. The third-order valence-corrected chi connectivity index (χ3v) is 3.74. The van der Waals surface area contributed by atoms with Crippen molar-refractivity contribution in [3.8, 4) is 11.4 Å². The van der Waals surface area contributed by atoms with Crippen molar-refractivity contribution in [1.29, 1.82) is 0 Å². The van der Waals surface area contributed by atoms with Crippen LogP contribution in [0.4, 0.5) is 13.2 Å². The van der Waals surface area contributed by atoms with E-state index >= 15 is 0 Å². The number of imidazole rings is 1. The van der Waals surface area contributed by atoms with Crippen LogP contribution in [0, 0.1) is 0 Å². The van der Waals surface area contributed by atoms with Gasteiger partial charge in [0.1, 0.15) is 5.75 Å². The number of hydrogen-bond donors (Lipinski definition) is 1. The molecule has 0 aliphatic heterocycles. The molecule has 1 N–H and O–H groups in total. The molecule has 26 heavy (non-hydrogen) atoms. The molecule has 0 atom stereocenters. The van der Waals surface area contributed by atoms with Gasteiger partial charge in [-0.05, 0) is 29.3 Å². The number of alkyl halides is 3. The Labute approximate surface area is 149 Å². The van der Waals surface area contributed by atoms with Gasteiger partial charge in [-0.2, -0.15) is 13.2 Å². The van der Waals surface area contributed by atoms with Crippen LogP contribution < -0.4 is 10.1 Å². The lowest BCUT2D eigenvalue weighted by atomic mass is 10.1. The first kappa shape index (κ1) is 18.0. The van der Waals surface area contributed by atoms with Crippen LogP contribution in [0.5, 0.6) is 5.75 Å². The molecule has 136 valence electrons. The van der Waals surface area contributed by atoms with Gasteiger partial charge in [0.2, 0.25) is 0 Å². The van der Waals surface area contributed by atoms with Gasteiger partial charge in [-0.25, -0.2) is 4.98 Å². The van der Waals surface area contributed by atoms with Gasteiger partial charge in [0.05, 0.1) is 12.0 Å². The number of ether oxygens (including phenoxy) is 1. The number of nitrogens with one attached hydrogen (secondary N) is 1. The molecule has 4 nitrogen and oxygen atoms in total. The first-order valence-corrected chi connectivity index (χ1v) is 8.07. The highest BCUT2D eigenvalue weighted by atomic mass is 19.4. The van der Waals surface area contributed by atoms with Crippen molar-refractivity contribution in [3.63, 3.8) is 0 Å². The minimum atomic E-state index is -4.33. The minimum Gasteiger partial charge on any atom is -0.484 e. The van der Waals surface area contributed by atoms with Crippen molar-refractivity contribution in [1.82, 2.24) is 14.9 Å². The Bertz CT molecular complexity index is 815. The SMILES string of the molecule is FC(F)(F)COc1ccc(CNCc2ccccc2-n2ccnc2)cc1. The summed E-state index contributed by atoms with van der Waals surface area (Å²) in [5.74, 6) is 0.205. The van der Waals surface area contributed by atoms with E-state index < -0.39 is 12.8 Å². The topological polar surface area (TPSA) is 39.1 Å². The van der Waals surface area contributed by atoms with Crippen molar-refractivity contribution in [2.75, 3.05) is 6.61 Å². The van der Waals surface area contributed by atoms with Gasteiger partial charge in [-0.15, -0.1) is 0 Å². The molecule has 1 heterocycles. The van der Waals surface area contributed by atoms with Gasteiger partial charge in [0, 0.05) is 25.5 Å². The van der Waals surface area contributed by atoms with E-state index in [1.807, 2.05) is 35.0 Å². The number of halogens is 3. The third kappa shape index (κ3) is 5.10. The molecule has 0 aliphatic carbocycles. The highest BCUT2D eigenvalue weighted by molar-refractivity contribution is 5.40. The van der Waals surface area contributed by atoms with Crippen molar-refractivity contribution in [2.45, 2.75) is 19.3 Å². The second-order valence-corrected chi connectivity index (χ2v) is 5.75. The monoisotopic (exact) mass is 361 g/mol. The lowest BCUT2D eigenvalue weighted by Gasteiger charge is -2.12. The lowest BCUT2D eigenvalue weighted by molar-refractivity contribution is -0.153. The van der Waals surface area contributed by atoms with E-state index in [0.717, 1.165) is 16.8 Å². The van der Waals surface area contributed by atoms with E-state index in [4.69, 9.17) is 4.74 Å². The van der Waals surface area contributed by atoms with Gasteiger partial charge < -0.3 is 14.6 Å². The standard InChI is InChI=1S/C19H18F3N3O/c20-19(21,22)13-26-17-7-5-15(6-8-17)11-24-12-16-3-1-2-4-18(16)25-10-9-23-14-25/h1-10,14,24H,11-13H2.